The molecule has 2 N–H and O–H groups in total. The van der Waals surface area contributed by atoms with Gasteiger partial charge < -0.3 is 10.5 Å². The molecule has 84 valence electrons. The van der Waals surface area contributed by atoms with Crippen molar-refractivity contribution >= 4 is 23.0 Å². The second-order valence-corrected chi connectivity index (χ2v) is 4.22. The summed E-state index contributed by atoms with van der Waals surface area (Å²) in [6.07, 6.45) is 3.45. The van der Waals surface area contributed by atoms with E-state index >= 15 is 0 Å². The third kappa shape index (κ3) is 2.22. The Kier molecular flexibility index (Phi) is 2.91. The molecule has 0 aromatic carbocycles. The minimum atomic E-state index is -0.392. The quantitative estimate of drug-likeness (QED) is 0.820. The average Bonchev–Trinajstić information content (AvgIpc) is 2.84. The molecule has 0 aliphatic carbocycles. The molecule has 5 nitrogen and oxygen atoms in total. The van der Waals surface area contributed by atoms with Crippen LogP contribution in [0.15, 0.2) is 23.8 Å². The van der Waals surface area contributed by atoms with Gasteiger partial charge in [0.2, 0.25) is 0 Å². The number of anilines is 1. The van der Waals surface area contributed by atoms with Crippen molar-refractivity contribution in [2.75, 3.05) is 5.73 Å². The Labute approximate surface area is 96.4 Å². The van der Waals surface area contributed by atoms with Crippen LogP contribution < -0.4 is 5.73 Å². The number of aryl methyl sites for hydroxylation is 1. The van der Waals surface area contributed by atoms with Crippen LogP contribution in [0.4, 0.5) is 5.69 Å². The fourth-order valence-electron chi connectivity index (χ4n) is 1.25. The molecule has 0 unspecified atom stereocenters. The van der Waals surface area contributed by atoms with Gasteiger partial charge in [0.1, 0.15) is 11.5 Å². The van der Waals surface area contributed by atoms with Crippen molar-refractivity contribution in [2.45, 2.75) is 6.61 Å². The number of hydrogen-bond donors (Lipinski definition) is 1. The van der Waals surface area contributed by atoms with E-state index in [2.05, 4.69) is 5.10 Å². The number of ether oxygens (including phenoxy) is 1. The number of aromatic nitrogens is 2. The Bertz CT molecular complexity index is 504. The molecule has 2 heterocycles. The summed E-state index contributed by atoms with van der Waals surface area (Å²) in [6, 6.07) is 1.69. The Morgan fingerprint density at radius 2 is 2.50 bits per heavy atom. The second kappa shape index (κ2) is 4.36. The SMILES string of the molecule is Cn1cc(COC(=O)c2sccc2N)cn1. The van der Waals surface area contributed by atoms with Crippen LogP contribution in [0.5, 0.6) is 0 Å². The molecule has 2 aromatic rings. The van der Waals surface area contributed by atoms with Gasteiger partial charge in [-0.3, -0.25) is 4.68 Å². The predicted octanol–water partition coefficient (Wildman–Crippen LogP) is 1.42. The van der Waals surface area contributed by atoms with Crippen LogP contribution in [0, 0.1) is 0 Å². The monoisotopic (exact) mass is 237 g/mol. The lowest BCUT2D eigenvalue weighted by atomic mass is 10.4. The Morgan fingerprint density at radius 3 is 3.06 bits per heavy atom. The molecule has 2 aromatic heterocycles. The van der Waals surface area contributed by atoms with Gasteiger partial charge >= 0.3 is 5.97 Å². The number of carbonyl (C=O) groups is 1. The van der Waals surface area contributed by atoms with E-state index in [1.807, 2.05) is 7.05 Å². The standard InChI is InChI=1S/C10H11N3O2S/c1-13-5-7(4-12-13)6-15-10(14)9-8(11)2-3-16-9/h2-5H,6,11H2,1H3. The largest absolute Gasteiger partial charge is 0.456 e. The molecule has 0 spiro atoms. The van der Waals surface area contributed by atoms with Crippen molar-refractivity contribution in [3.05, 3.63) is 34.3 Å². The fourth-order valence-corrected chi connectivity index (χ4v) is 1.96. The highest BCUT2D eigenvalue weighted by Gasteiger charge is 2.12. The minimum Gasteiger partial charge on any atom is -0.456 e. The lowest BCUT2D eigenvalue weighted by Crippen LogP contribution is -2.05. The van der Waals surface area contributed by atoms with Crippen LogP contribution in [0.25, 0.3) is 0 Å². The highest BCUT2D eigenvalue weighted by molar-refractivity contribution is 7.12. The summed E-state index contributed by atoms with van der Waals surface area (Å²) < 4.78 is 6.76. The molecule has 2 rings (SSSR count). The topological polar surface area (TPSA) is 70.1 Å². The van der Waals surface area contributed by atoms with Gasteiger partial charge in [-0.15, -0.1) is 11.3 Å². The first kappa shape index (κ1) is 10.7. The predicted molar refractivity (Wildman–Crippen MR) is 61.1 cm³/mol. The number of esters is 1. The van der Waals surface area contributed by atoms with Crippen molar-refractivity contribution in [3.63, 3.8) is 0 Å². The van der Waals surface area contributed by atoms with E-state index in [4.69, 9.17) is 10.5 Å². The van der Waals surface area contributed by atoms with Gasteiger partial charge in [-0.1, -0.05) is 0 Å². The average molecular weight is 237 g/mol. The summed E-state index contributed by atoms with van der Waals surface area (Å²) in [5.74, 6) is -0.392. The van der Waals surface area contributed by atoms with E-state index < -0.39 is 5.97 Å². The number of nitrogen functional groups attached to an aromatic ring is 1. The molecule has 0 atom stereocenters. The maximum absolute atomic E-state index is 11.6. The zero-order valence-electron chi connectivity index (χ0n) is 8.71. The van der Waals surface area contributed by atoms with E-state index in [1.165, 1.54) is 11.3 Å². The van der Waals surface area contributed by atoms with Gasteiger partial charge in [-0.2, -0.15) is 5.10 Å². The van der Waals surface area contributed by atoms with Gasteiger partial charge in [0.05, 0.1) is 11.9 Å². The van der Waals surface area contributed by atoms with Crippen LogP contribution in [0.1, 0.15) is 15.2 Å². The molecule has 0 radical (unpaired) electrons. The molecule has 0 saturated heterocycles. The highest BCUT2D eigenvalue weighted by atomic mass is 32.1. The molecule has 16 heavy (non-hydrogen) atoms. The summed E-state index contributed by atoms with van der Waals surface area (Å²) in [5, 5.41) is 5.74. The van der Waals surface area contributed by atoms with Gasteiger partial charge in [-0.25, -0.2) is 4.79 Å². The number of hydrogen-bond acceptors (Lipinski definition) is 5. The summed E-state index contributed by atoms with van der Waals surface area (Å²) in [7, 11) is 1.81. The van der Waals surface area contributed by atoms with Crippen LogP contribution in [0.3, 0.4) is 0 Å². The number of rotatable bonds is 3. The van der Waals surface area contributed by atoms with Crippen LogP contribution >= 0.6 is 11.3 Å². The first-order chi connectivity index (χ1) is 7.66. The van der Waals surface area contributed by atoms with Crippen molar-refractivity contribution in [3.8, 4) is 0 Å². The fraction of sp³-hybridized carbons (Fsp3) is 0.200. The number of carbonyl (C=O) groups excluding carboxylic acids is 1. The minimum absolute atomic E-state index is 0.212. The zero-order valence-corrected chi connectivity index (χ0v) is 9.53. The Hall–Kier alpha value is -1.82. The molecule has 0 fully saturated rings. The zero-order chi connectivity index (χ0) is 11.5. The maximum atomic E-state index is 11.6. The van der Waals surface area contributed by atoms with Crippen molar-refractivity contribution in [2.24, 2.45) is 7.05 Å². The maximum Gasteiger partial charge on any atom is 0.350 e. The van der Waals surface area contributed by atoms with Crippen LogP contribution in [-0.4, -0.2) is 15.7 Å². The molecule has 6 heteroatoms. The van der Waals surface area contributed by atoms with Crippen LogP contribution in [-0.2, 0) is 18.4 Å². The summed E-state index contributed by atoms with van der Waals surface area (Å²) >= 11 is 1.28. The molecule has 0 amide bonds. The summed E-state index contributed by atoms with van der Waals surface area (Å²) in [6.45, 7) is 0.212. The molecular formula is C10H11N3O2S. The van der Waals surface area contributed by atoms with E-state index in [0.717, 1.165) is 5.56 Å². The molecule has 0 saturated carbocycles. The third-order valence-electron chi connectivity index (χ3n) is 2.01. The smallest absolute Gasteiger partial charge is 0.350 e. The van der Waals surface area contributed by atoms with Gasteiger partial charge in [0.15, 0.2) is 0 Å². The highest BCUT2D eigenvalue weighted by Crippen LogP contribution is 2.20. The first-order valence-corrected chi connectivity index (χ1v) is 5.52. The number of nitrogens with two attached hydrogens (primary N) is 1. The van der Waals surface area contributed by atoms with Gasteiger partial charge in [-0.05, 0) is 11.4 Å². The van der Waals surface area contributed by atoms with Gasteiger partial charge in [0.25, 0.3) is 0 Å². The first-order valence-electron chi connectivity index (χ1n) is 4.64. The number of thiophene rings is 1. The second-order valence-electron chi connectivity index (χ2n) is 3.30. The van der Waals surface area contributed by atoms with Gasteiger partial charge in [0, 0.05) is 18.8 Å². The summed E-state index contributed by atoms with van der Waals surface area (Å²) in [5.41, 5.74) is 6.92. The van der Waals surface area contributed by atoms with Crippen molar-refractivity contribution < 1.29 is 9.53 Å². The molecular weight excluding hydrogens is 226 g/mol. The lowest BCUT2D eigenvalue weighted by molar-refractivity contribution is 0.0479. The molecule has 0 aliphatic heterocycles. The van der Waals surface area contributed by atoms with E-state index in [1.54, 1.807) is 28.5 Å². The number of nitrogens with zero attached hydrogens (tertiary/aromatic N) is 2. The Balaban J connectivity index is 1.96. The van der Waals surface area contributed by atoms with Crippen molar-refractivity contribution in [1.82, 2.24) is 9.78 Å². The van der Waals surface area contributed by atoms with E-state index in [0.29, 0.717) is 10.6 Å². The Morgan fingerprint density at radius 1 is 1.69 bits per heavy atom. The molecule has 0 aliphatic rings. The normalized spacial score (nSPS) is 10.3. The van der Waals surface area contributed by atoms with E-state index in [-0.39, 0.29) is 6.61 Å². The lowest BCUT2D eigenvalue weighted by Gasteiger charge is -2.01. The summed E-state index contributed by atoms with van der Waals surface area (Å²) in [4.78, 5) is 12.0. The van der Waals surface area contributed by atoms with E-state index in [9.17, 15) is 4.79 Å². The van der Waals surface area contributed by atoms with Crippen molar-refractivity contribution in [1.29, 1.82) is 0 Å². The van der Waals surface area contributed by atoms with Crippen LogP contribution in [0.2, 0.25) is 0 Å². The molecule has 0 bridgehead atoms. The third-order valence-corrected chi connectivity index (χ3v) is 2.92.